The molecule has 0 unspecified atom stereocenters. The van der Waals surface area contributed by atoms with E-state index in [2.05, 4.69) is 12.2 Å². The van der Waals surface area contributed by atoms with Gasteiger partial charge in [0.1, 0.15) is 0 Å². The monoisotopic (exact) mass is 144 g/mol. The lowest BCUT2D eigenvalue weighted by Gasteiger charge is -2.15. The second-order valence-corrected chi connectivity index (χ2v) is 2.33. The normalized spacial score (nSPS) is 9.10. The third kappa shape index (κ3) is 3.33. The quantitative estimate of drug-likeness (QED) is 0.631. The van der Waals surface area contributed by atoms with Crippen molar-refractivity contribution in [3.8, 4) is 0 Å². The number of nitrogens with zero attached hydrogens (tertiary/aromatic N) is 1. The summed E-state index contributed by atoms with van der Waals surface area (Å²) in [6.45, 7) is 2.95. The molecule has 60 valence electrons. The summed E-state index contributed by atoms with van der Waals surface area (Å²) < 4.78 is 0. The second-order valence-electron chi connectivity index (χ2n) is 2.33. The summed E-state index contributed by atoms with van der Waals surface area (Å²) in [7, 11) is 3.44. The molecule has 3 nitrogen and oxygen atoms in total. The van der Waals surface area contributed by atoms with Crippen LogP contribution in [-0.2, 0) is 0 Å². The molecule has 0 spiro atoms. The van der Waals surface area contributed by atoms with Crippen molar-refractivity contribution in [1.29, 1.82) is 0 Å². The van der Waals surface area contributed by atoms with Gasteiger partial charge in [0.2, 0.25) is 0 Å². The minimum atomic E-state index is -0.00606. The van der Waals surface area contributed by atoms with Gasteiger partial charge in [0.25, 0.3) is 0 Å². The Morgan fingerprint density at radius 2 is 2.20 bits per heavy atom. The van der Waals surface area contributed by atoms with Crippen LogP contribution in [-0.4, -0.2) is 31.6 Å². The van der Waals surface area contributed by atoms with Crippen LogP contribution >= 0.6 is 0 Å². The van der Waals surface area contributed by atoms with E-state index >= 15 is 0 Å². The maximum absolute atomic E-state index is 10.8. The molecule has 0 bridgehead atoms. The summed E-state index contributed by atoms with van der Waals surface area (Å²) in [4.78, 5) is 12.5. The Labute approximate surface area is 62.4 Å². The third-order valence-corrected chi connectivity index (χ3v) is 1.41. The van der Waals surface area contributed by atoms with Gasteiger partial charge >= 0.3 is 6.03 Å². The molecule has 2 amide bonds. The summed E-state index contributed by atoms with van der Waals surface area (Å²) in [6.07, 6.45) is 2.20. The van der Waals surface area contributed by atoms with Crippen molar-refractivity contribution in [2.24, 2.45) is 0 Å². The Morgan fingerprint density at radius 1 is 1.60 bits per heavy atom. The summed E-state index contributed by atoms with van der Waals surface area (Å²) in [5.74, 6) is 0. The van der Waals surface area contributed by atoms with Crippen molar-refractivity contribution >= 4 is 6.03 Å². The largest absolute Gasteiger partial charge is 0.341 e. The van der Waals surface area contributed by atoms with Gasteiger partial charge in [0.05, 0.1) is 0 Å². The van der Waals surface area contributed by atoms with E-state index in [1.807, 2.05) is 0 Å². The summed E-state index contributed by atoms with van der Waals surface area (Å²) in [6, 6.07) is -0.00606. The molecule has 0 rings (SSSR count). The lowest BCUT2D eigenvalue weighted by molar-refractivity contribution is 0.210. The number of amides is 2. The Bertz CT molecular complexity index is 104. The smallest absolute Gasteiger partial charge is 0.316 e. The van der Waals surface area contributed by atoms with Gasteiger partial charge in [-0.1, -0.05) is 13.3 Å². The van der Waals surface area contributed by atoms with E-state index in [-0.39, 0.29) is 6.03 Å². The molecule has 0 aliphatic rings. The van der Waals surface area contributed by atoms with Crippen molar-refractivity contribution in [2.75, 3.05) is 20.6 Å². The number of hydrogen-bond acceptors (Lipinski definition) is 1. The Morgan fingerprint density at radius 3 is 2.60 bits per heavy atom. The number of unbranched alkanes of at least 4 members (excludes halogenated alkanes) is 1. The summed E-state index contributed by atoms with van der Waals surface area (Å²) in [5.41, 5.74) is 0. The van der Waals surface area contributed by atoms with Gasteiger partial charge in [-0.05, 0) is 6.42 Å². The average Bonchev–Trinajstić information content (AvgIpc) is 1.98. The van der Waals surface area contributed by atoms with Crippen molar-refractivity contribution < 1.29 is 4.79 Å². The van der Waals surface area contributed by atoms with Crippen LogP contribution in [0.1, 0.15) is 19.8 Å². The van der Waals surface area contributed by atoms with Crippen LogP contribution in [0.5, 0.6) is 0 Å². The fourth-order valence-corrected chi connectivity index (χ4v) is 0.688. The van der Waals surface area contributed by atoms with Crippen molar-refractivity contribution in [2.45, 2.75) is 19.8 Å². The fraction of sp³-hybridized carbons (Fsp3) is 0.857. The molecular weight excluding hydrogens is 128 g/mol. The van der Waals surface area contributed by atoms with Crippen LogP contribution < -0.4 is 5.32 Å². The molecule has 0 fully saturated rings. The third-order valence-electron chi connectivity index (χ3n) is 1.41. The molecule has 0 aromatic carbocycles. The first kappa shape index (κ1) is 9.27. The number of carbonyl (C=O) groups excluding carboxylic acids is 1. The van der Waals surface area contributed by atoms with Gasteiger partial charge in [-0.3, -0.25) is 0 Å². The zero-order valence-electron chi connectivity index (χ0n) is 6.98. The predicted molar refractivity (Wildman–Crippen MR) is 42.0 cm³/mol. The fourth-order valence-electron chi connectivity index (χ4n) is 0.688. The van der Waals surface area contributed by atoms with Gasteiger partial charge in [-0.15, -0.1) is 0 Å². The standard InChI is InChI=1S/C7H16N2O/c1-4-5-6-9(3)7(10)8-2/h4-6H2,1-3H3,(H,8,10). The number of rotatable bonds is 3. The van der Waals surface area contributed by atoms with Crippen LogP contribution in [0, 0.1) is 0 Å². The number of carbonyl (C=O) groups is 1. The molecular formula is C7H16N2O. The van der Waals surface area contributed by atoms with Crippen LogP contribution in [0.15, 0.2) is 0 Å². The molecule has 0 saturated carbocycles. The van der Waals surface area contributed by atoms with E-state index in [0.29, 0.717) is 0 Å². The summed E-state index contributed by atoms with van der Waals surface area (Å²) in [5, 5.41) is 2.56. The Balaban J connectivity index is 3.41. The predicted octanol–water partition coefficient (Wildman–Crippen LogP) is 1.06. The molecule has 0 heterocycles. The van der Waals surface area contributed by atoms with Gasteiger partial charge in [0, 0.05) is 20.6 Å². The van der Waals surface area contributed by atoms with E-state index in [9.17, 15) is 4.79 Å². The first-order chi connectivity index (χ1) is 4.72. The molecule has 0 saturated heterocycles. The van der Waals surface area contributed by atoms with E-state index < -0.39 is 0 Å². The zero-order valence-corrected chi connectivity index (χ0v) is 6.98. The first-order valence-corrected chi connectivity index (χ1v) is 3.65. The van der Waals surface area contributed by atoms with Crippen LogP contribution in [0.25, 0.3) is 0 Å². The molecule has 0 atom stereocenters. The zero-order chi connectivity index (χ0) is 7.98. The Hall–Kier alpha value is -0.730. The highest BCUT2D eigenvalue weighted by molar-refractivity contribution is 5.73. The molecule has 0 aromatic rings. The van der Waals surface area contributed by atoms with Crippen LogP contribution in [0.4, 0.5) is 4.79 Å². The van der Waals surface area contributed by atoms with E-state index in [4.69, 9.17) is 0 Å². The summed E-state index contributed by atoms with van der Waals surface area (Å²) >= 11 is 0. The number of hydrogen-bond donors (Lipinski definition) is 1. The van der Waals surface area contributed by atoms with E-state index in [1.165, 1.54) is 0 Å². The molecule has 1 N–H and O–H groups in total. The lowest BCUT2D eigenvalue weighted by Crippen LogP contribution is -2.35. The van der Waals surface area contributed by atoms with E-state index in [0.717, 1.165) is 19.4 Å². The lowest BCUT2D eigenvalue weighted by atomic mass is 10.3. The molecule has 0 aliphatic heterocycles. The van der Waals surface area contributed by atoms with Crippen LogP contribution in [0.3, 0.4) is 0 Å². The van der Waals surface area contributed by atoms with Crippen LogP contribution in [0.2, 0.25) is 0 Å². The minimum absolute atomic E-state index is 0.00606. The minimum Gasteiger partial charge on any atom is -0.341 e. The molecule has 0 aliphatic carbocycles. The first-order valence-electron chi connectivity index (χ1n) is 3.65. The van der Waals surface area contributed by atoms with Gasteiger partial charge in [-0.25, -0.2) is 4.79 Å². The highest BCUT2D eigenvalue weighted by Crippen LogP contribution is 1.90. The molecule has 3 heteroatoms. The maximum atomic E-state index is 10.8. The molecule has 0 aromatic heterocycles. The highest BCUT2D eigenvalue weighted by atomic mass is 16.2. The molecule has 0 radical (unpaired) electrons. The number of nitrogens with one attached hydrogen (secondary N) is 1. The van der Waals surface area contributed by atoms with Gasteiger partial charge < -0.3 is 10.2 Å². The Kier molecular flexibility index (Phi) is 4.72. The van der Waals surface area contributed by atoms with E-state index in [1.54, 1.807) is 19.0 Å². The average molecular weight is 144 g/mol. The van der Waals surface area contributed by atoms with Crippen molar-refractivity contribution in [3.63, 3.8) is 0 Å². The maximum Gasteiger partial charge on any atom is 0.316 e. The van der Waals surface area contributed by atoms with Crippen molar-refractivity contribution in [3.05, 3.63) is 0 Å². The SMILES string of the molecule is CCCCN(C)C(=O)NC. The topological polar surface area (TPSA) is 32.3 Å². The van der Waals surface area contributed by atoms with Gasteiger partial charge in [0.15, 0.2) is 0 Å². The van der Waals surface area contributed by atoms with Crippen molar-refractivity contribution in [1.82, 2.24) is 10.2 Å². The highest BCUT2D eigenvalue weighted by Gasteiger charge is 2.02. The molecule has 10 heavy (non-hydrogen) atoms. The number of urea groups is 1. The second kappa shape index (κ2) is 5.09. The van der Waals surface area contributed by atoms with Gasteiger partial charge in [-0.2, -0.15) is 0 Å².